The number of rotatable bonds is 8. The zero-order chi connectivity index (χ0) is 23.5. The SMILES string of the molecule is C=Cc1ncn(C(c2ccc(C)cc2)C2CCC2)c(=O)c1/C=C(\C)N(N)CCC(F)(F)F. The molecule has 32 heavy (non-hydrogen) atoms. The predicted molar refractivity (Wildman–Crippen MR) is 120 cm³/mol. The highest BCUT2D eigenvalue weighted by atomic mass is 19.4. The Morgan fingerprint density at radius 3 is 2.53 bits per heavy atom. The van der Waals surface area contributed by atoms with E-state index in [1.165, 1.54) is 12.2 Å². The van der Waals surface area contributed by atoms with Gasteiger partial charge in [-0.2, -0.15) is 13.2 Å². The van der Waals surface area contributed by atoms with Crippen LogP contribution in [0.3, 0.4) is 0 Å². The number of halogens is 3. The minimum absolute atomic E-state index is 0.158. The van der Waals surface area contributed by atoms with E-state index in [1.807, 2.05) is 31.2 Å². The summed E-state index contributed by atoms with van der Waals surface area (Å²) in [4.78, 5) is 18.0. The maximum absolute atomic E-state index is 13.5. The van der Waals surface area contributed by atoms with E-state index in [1.54, 1.807) is 17.8 Å². The number of benzene rings is 1. The molecule has 0 bridgehead atoms. The molecule has 2 N–H and O–H groups in total. The first-order valence-electron chi connectivity index (χ1n) is 10.7. The van der Waals surface area contributed by atoms with E-state index in [2.05, 4.69) is 11.6 Å². The number of allylic oxidation sites excluding steroid dienone is 1. The van der Waals surface area contributed by atoms with Gasteiger partial charge in [-0.15, -0.1) is 0 Å². The van der Waals surface area contributed by atoms with Gasteiger partial charge in [0.25, 0.3) is 5.56 Å². The van der Waals surface area contributed by atoms with Crippen LogP contribution in [0, 0.1) is 12.8 Å². The molecule has 2 aromatic rings. The molecule has 0 aliphatic heterocycles. The smallest absolute Gasteiger partial charge is 0.315 e. The molecular formula is C24H29F3N4O. The molecule has 8 heteroatoms. The summed E-state index contributed by atoms with van der Waals surface area (Å²) < 4.78 is 39.3. The third-order valence-corrected chi connectivity index (χ3v) is 6.01. The fourth-order valence-corrected chi connectivity index (χ4v) is 3.89. The summed E-state index contributed by atoms with van der Waals surface area (Å²) in [5, 5.41) is 1.00. The fourth-order valence-electron chi connectivity index (χ4n) is 3.89. The Morgan fingerprint density at radius 1 is 1.34 bits per heavy atom. The lowest BCUT2D eigenvalue weighted by Crippen LogP contribution is -2.36. The van der Waals surface area contributed by atoms with Crippen molar-refractivity contribution >= 4 is 12.2 Å². The van der Waals surface area contributed by atoms with E-state index in [9.17, 15) is 18.0 Å². The number of aromatic nitrogens is 2. The molecular weight excluding hydrogens is 417 g/mol. The Kier molecular flexibility index (Phi) is 7.23. The molecule has 3 rings (SSSR count). The summed E-state index contributed by atoms with van der Waals surface area (Å²) in [6, 6.07) is 7.96. The Labute approximate surface area is 186 Å². The largest absolute Gasteiger partial charge is 0.390 e. The number of hydrogen-bond donors (Lipinski definition) is 1. The van der Waals surface area contributed by atoms with Crippen molar-refractivity contribution in [2.24, 2.45) is 11.8 Å². The molecule has 0 spiro atoms. The third kappa shape index (κ3) is 5.48. The molecule has 1 atom stereocenters. The standard InChI is InChI=1S/C24H29F3N4O/c1-4-21-20(14-17(3)31(28)13-12-24(25,26)27)23(32)30(15-29-21)22(18-6-5-7-18)19-10-8-16(2)9-11-19/h4,8-11,14-15,18,22H,1,5-7,12-13,28H2,2-3H3/b17-14+. The summed E-state index contributed by atoms with van der Waals surface area (Å²) in [5.41, 5.74) is 2.87. The molecule has 1 unspecified atom stereocenters. The molecule has 1 aromatic heterocycles. The van der Waals surface area contributed by atoms with Gasteiger partial charge in [-0.05, 0) is 50.3 Å². The molecule has 0 saturated heterocycles. The summed E-state index contributed by atoms with van der Waals surface area (Å²) >= 11 is 0. The summed E-state index contributed by atoms with van der Waals surface area (Å²) in [7, 11) is 0. The number of hydrogen-bond acceptors (Lipinski definition) is 4. The van der Waals surface area contributed by atoms with Crippen LogP contribution in [0.25, 0.3) is 12.2 Å². The van der Waals surface area contributed by atoms with E-state index in [0.29, 0.717) is 17.3 Å². The lowest BCUT2D eigenvalue weighted by atomic mass is 9.77. The first kappa shape index (κ1) is 23.8. The number of hydrazine groups is 1. The maximum Gasteiger partial charge on any atom is 0.390 e. The van der Waals surface area contributed by atoms with Crippen LogP contribution in [0.4, 0.5) is 13.2 Å². The summed E-state index contributed by atoms with van der Waals surface area (Å²) in [6.45, 7) is 6.90. The average molecular weight is 447 g/mol. The van der Waals surface area contributed by atoms with Gasteiger partial charge in [-0.25, -0.2) is 10.8 Å². The van der Waals surface area contributed by atoms with Crippen LogP contribution < -0.4 is 11.4 Å². The van der Waals surface area contributed by atoms with Crippen molar-refractivity contribution in [3.63, 3.8) is 0 Å². The number of alkyl halides is 3. The molecule has 1 aliphatic rings. The van der Waals surface area contributed by atoms with Crippen LogP contribution in [0.1, 0.15) is 61.0 Å². The van der Waals surface area contributed by atoms with E-state index in [-0.39, 0.29) is 17.2 Å². The molecule has 1 aromatic carbocycles. The fraction of sp³-hybridized carbons (Fsp3) is 0.417. The van der Waals surface area contributed by atoms with Crippen LogP contribution >= 0.6 is 0 Å². The molecule has 1 saturated carbocycles. The molecule has 0 amide bonds. The molecule has 1 aliphatic carbocycles. The number of aryl methyl sites for hydroxylation is 1. The van der Waals surface area contributed by atoms with Gasteiger partial charge in [-0.3, -0.25) is 9.36 Å². The van der Waals surface area contributed by atoms with Crippen LogP contribution in [0.5, 0.6) is 0 Å². The van der Waals surface area contributed by atoms with E-state index >= 15 is 0 Å². The zero-order valence-electron chi connectivity index (χ0n) is 18.4. The van der Waals surface area contributed by atoms with Crippen LogP contribution in [0.2, 0.25) is 0 Å². The van der Waals surface area contributed by atoms with E-state index < -0.39 is 19.1 Å². The van der Waals surface area contributed by atoms with Crippen molar-refractivity contribution in [2.75, 3.05) is 6.54 Å². The molecule has 1 heterocycles. The van der Waals surface area contributed by atoms with Crippen molar-refractivity contribution < 1.29 is 13.2 Å². The highest BCUT2D eigenvalue weighted by Crippen LogP contribution is 2.39. The van der Waals surface area contributed by atoms with Gasteiger partial charge in [-0.1, -0.05) is 42.8 Å². The number of nitrogens with zero attached hydrogens (tertiary/aromatic N) is 3. The third-order valence-electron chi connectivity index (χ3n) is 6.01. The van der Waals surface area contributed by atoms with Gasteiger partial charge in [0.15, 0.2) is 0 Å². The predicted octanol–water partition coefficient (Wildman–Crippen LogP) is 5.07. The monoisotopic (exact) mass is 446 g/mol. The van der Waals surface area contributed by atoms with Crippen molar-refractivity contribution in [2.45, 2.75) is 51.7 Å². The van der Waals surface area contributed by atoms with Crippen molar-refractivity contribution in [1.29, 1.82) is 0 Å². The second-order valence-corrected chi connectivity index (χ2v) is 8.35. The van der Waals surface area contributed by atoms with Gasteiger partial charge in [0.1, 0.15) is 0 Å². The first-order chi connectivity index (χ1) is 15.1. The second-order valence-electron chi connectivity index (χ2n) is 8.35. The topological polar surface area (TPSA) is 64.2 Å². The van der Waals surface area contributed by atoms with Crippen LogP contribution in [-0.2, 0) is 0 Å². The molecule has 5 nitrogen and oxygen atoms in total. The average Bonchev–Trinajstić information content (AvgIpc) is 2.70. The normalized spacial score (nSPS) is 15.9. The van der Waals surface area contributed by atoms with Gasteiger partial charge in [0.05, 0.1) is 30.0 Å². The van der Waals surface area contributed by atoms with Crippen LogP contribution in [-0.4, -0.2) is 27.3 Å². The Balaban J connectivity index is 2.02. The van der Waals surface area contributed by atoms with Gasteiger partial charge >= 0.3 is 6.18 Å². The highest BCUT2D eigenvalue weighted by Gasteiger charge is 2.31. The summed E-state index contributed by atoms with van der Waals surface area (Å²) in [6.07, 6.45) is 2.30. The van der Waals surface area contributed by atoms with Crippen LogP contribution in [0.15, 0.2) is 47.7 Å². The Morgan fingerprint density at radius 2 is 2.00 bits per heavy atom. The Hall–Kier alpha value is -2.87. The second kappa shape index (κ2) is 9.73. The minimum Gasteiger partial charge on any atom is -0.315 e. The lowest BCUT2D eigenvalue weighted by Gasteiger charge is -2.35. The van der Waals surface area contributed by atoms with Crippen molar-refractivity contribution in [3.05, 3.63) is 75.6 Å². The van der Waals surface area contributed by atoms with Gasteiger partial charge < -0.3 is 5.01 Å². The maximum atomic E-state index is 13.5. The van der Waals surface area contributed by atoms with Gasteiger partial charge in [0, 0.05) is 12.2 Å². The number of nitrogens with two attached hydrogens (primary N) is 1. The van der Waals surface area contributed by atoms with E-state index in [4.69, 9.17) is 5.84 Å². The van der Waals surface area contributed by atoms with E-state index in [0.717, 1.165) is 35.4 Å². The first-order valence-corrected chi connectivity index (χ1v) is 10.7. The molecule has 172 valence electrons. The zero-order valence-corrected chi connectivity index (χ0v) is 18.4. The quantitative estimate of drug-likeness (QED) is 0.454. The molecule has 0 radical (unpaired) electrons. The molecule has 1 fully saturated rings. The van der Waals surface area contributed by atoms with Gasteiger partial charge in [0.2, 0.25) is 0 Å². The Bertz CT molecular complexity index is 1040. The lowest BCUT2D eigenvalue weighted by molar-refractivity contribution is -0.137. The minimum atomic E-state index is -4.31. The summed E-state index contributed by atoms with van der Waals surface area (Å²) in [5.74, 6) is 6.13. The van der Waals surface area contributed by atoms with Crippen molar-refractivity contribution in [3.8, 4) is 0 Å². The van der Waals surface area contributed by atoms with Crippen molar-refractivity contribution in [1.82, 2.24) is 14.6 Å². The highest BCUT2D eigenvalue weighted by molar-refractivity contribution is 5.62.